The number of ether oxygens (including phenoxy) is 2. The fourth-order valence-electron chi connectivity index (χ4n) is 3.67. The normalized spacial score (nSPS) is 17.8. The molecule has 32 heavy (non-hydrogen) atoms. The summed E-state index contributed by atoms with van der Waals surface area (Å²) in [5.41, 5.74) is 0.821. The van der Waals surface area contributed by atoms with Gasteiger partial charge in [-0.1, -0.05) is 35.6 Å². The average molecular weight is 459 g/mol. The van der Waals surface area contributed by atoms with Crippen LogP contribution in [0.3, 0.4) is 0 Å². The number of likely N-dealkylation sites (N-methyl/N-ethyl adjacent to an activating group) is 1. The highest BCUT2D eigenvalue weighted by Gasteiger charge is 2.44. The smallest absolute Gasteiger partial charge is 0.295 e. The van der Waals surface area contributed by atoms with Gasteiger partial charge in [0.15, 0.2) is 0 Å². The van der Waals surface area contributed by atoms with Gasteiger partial charge in [0.25, 0.3) is 5.91 Å². The van der Waals surface area contributed by atoms with Crippen LogP contribution in [0.5, 0.6) is 11.5 Å². The second kappa shape index (κ2) is 10.1. The molecule has 170 valence electrons. The molecule has 8 heteroatoms. The Balaban J connectivity index is 2.12. The number of quaternary nitrogens is 1. The number of likely N-dealkylation sites (tertiary alicyclic amines) is 1. The molecular formula is C24H27ClN2O5. The number of methoxy groups -OCH3 is 1. The summed E-state index contributed by atoms with van der Waals surface area (Å²) in [7, 11) is 5.40. The van der Waals surface area contributed by atoms with Gasteiger partial charge < -0.3 is 24.4 Å². The number of carbonyl (C=O) groups is 2. The van der Waals surface area contributed by atoms with Gasteiger partial charge >= 0.3 is 0 Å². The monoisotopic (exact) mass is 458 g/mol. The highest BCUT2D eigenvalue weighted by molar-refractivity contribution is 6.46. The lowest BCUT2D eigenvalue weighted by atomic mass is 9.95. The van der Waals surface area contributed by atoms with E-state index in [1.807, 2.05) is 21.0 Å². The third-order valence-corrected chi connectivity index (χ3v) is 5.60. The van der Waals surface area contributed by atoms with E-state index in [9.17, 15) is 14.7 Å². The van der Waals surface area contributed by atoms with E-state index in [1.165, 1.54) is 18.1 Å². The van der Waals surface area contributed by atoms with E-state index in [4.69, 9.17) is 21.1 Å². The predicted octanol–water partition coefficient (Wildman–Crippen LogP) is 1.12. The number of rotatable bonds is 8. The van der Waals surface area contributed by atoms with Gasteiger partial charge in [-0.2, -0.15) is 0 Å². The topological polar surface area (TPSA) is 83.3 Å². The molecule has 0 aromatic heterocycles. The second-order valence-corrected chi connectivity index (χ2v) is 8.19. The Kier molecular flexibility index (Phi) is 7.43. The van der Waals surface area contributed by atoms with Gasteiger partial charge in [0.2, 0.25) is 5.78 Å². The van der Waals surface area contributed by atoms with Crippen LogP contribution in [-0.2, 0) is 9.59 Å². The highest BCUT2D eigenvalue weighted by atomic mass is 35.5. The van der Waals surface area contributed by atoms with E-state index in [1.54, 1.807) is 36.4 Å². The Bertz CT molecular complexity index is 1030. The van der Waals surface area contributed by atoms with Gasteiger partial charge in [0, 0.05) is 5.57 Å². The summed E-state index contributed by atoms with van der Waals surface area (Å²) < 4.78 is 10.6. The average Bonchev–Trinajstić information content (AvgIpc) is 3.02. The number of nitrogens with one attached hydrogen (secondary N) is 1. The van der Waals surface area contributed by atoms with Crippen molar-refractivity contribution in [3.05, 3.63) is 64.2 Å². The minimum absolute atomic E-state index is 0.0749. The molecule has 3 rings (SSSR count). The van der Waals surface area contributed by atoms with Crippen molar-refractivity contribution in [1.29, 1.82) is 0 Å². The molecule has 0 saturated carbocycles. The minimum Gasteiger partial charge on any atom is -0.872 e. The number of benzene rings is 2. The van der Waals surface area contributed by atoms with Gasteiger partial charge in [0.1, 0.15) is 11.5 Å². The van der Waals surface area contributed by atoms with E-state index < -0.39 is 23.5 Å². The molecule has 1 aliphatic rings. The Morgan fingerprint density at radius 3 is 2.41 bits per heavy atom. The van der Waals surface area contributed by atoms with Crippen LogP contribution >= 0.6 is 11.6 Å². The van der Waals surface area contributed by atoms with Crippen molar-refractivity contribution in [2.24, 2.45) is 0 Å². The SMILES string of the molecule is CCOc1ccc(C2C(=C([O-])c3ccc(OC)c(Cl)c3)C(=O)C(=O)N2CC[NH+](C)C)cc1. The highest BCUT2D eigenvalue weighted by Crippen LogP contribution is 2.39. The molecule has 1 aliphatic heterocycles. The summed E-state index contributed by atoms with van der Waals surface area (Å²) in [6, 6.07) is 10.9. The number of ketones is 1. The van der Waals surface area contributed by atoms with E-state index in [0.29, 0.717) is 36.8 Å². The van der Waals surface area contributed by atoms with Crippen molar-refractivity contribution >= 4 is 29.1 Å². The van der Waals surface area contributed by atoms with Crippen LogP contribution in [0.1, 0.15) is 24.1 Å². The zero-order valence-corrected chi connectivity index (χ0v) is 19.4. The van der Waals surface area contributed by atoms with Crippen molar-refractivity contribution in [1.82, 2.24) is 4.90 Å². The fraction of sp³-hybridized carbons (Fsp3) is 0.333. The molecule has 0 aliphatic carbocycles. The third-order valence-electron chi connectivity index (χ3n) is 5.30. The number of nitrogens with zero attached hydrogens (tertiary/aromatic N) is 1. The maximum Gasteiger partial charge on any atom is 0.295 e. The molecule has 0 spiro atoms. The van der Waals surface area contributed by atoms with E-state index in [-0.39, 0.29) is 16.2 Å². The van der Waals surface area contributed by atoms with Crippen LogP contribution < -0.4 is 19.5 Å². The van der Waals surface area contributed by atoms with Crippen molar-refractivity contribution in [3.63, 3.8) is 0 Å². The van der Waals surface area contributed by atoms with Gasteiger partial charge in [-0.15, -0.1) is 0 Å². The van der Waals surface area contributed by atoms with Gasteiger partial charge in [-0.3, -0.25) is 9.59 Å². The van der Waals surface area contributed by atoms with Crippen molar-refractivity contribution in [3.8, 4) is 11.5 Å². The third kappa shape index (κ3) is 4.74. The first kappa shape index (κ1) is 23.6. The standard InChI is InChI=1S/C24H27ClN2O5/c1-5-32-17-9-6-15(7-10-17)21-20(23(29)24(30)27(21)13-12-26(2)3)22(28)16-8-11-19(31-4)18(25)14-16/h6-11,14,21,28H,5,12-13H2,1-4H3. The molecule has 7 nitrogen and oxygen atoms in total. The summed E-state index contributed by atoms with van der Waals surface area (Å²) >= 11 is 6.19. The lowest BCUT2D eigenvalue weighted by molar-refractivity contribution is -0.857. The number of Topliss-reactive ketones (excluding diaryl/α,β-unsaturated/α-hetero) is 1. The molecule has 0 radical (unpaired) electrons. The summed E-state index contributed by atoms with van der Waals surface area (Å²) in [6.45, 7) is 3.37. The number of carbonyl (C=O) groups excluding carboxylic acids is 2. The van der Waals surface area contributed by atoms with Crippen LogP contribution in [0.15, 0.2) is 48.0 Å². The number of halogens is 1. The molecule has 0 bridgehead atoms. The molecule has 2 aromatic rings. The van der Waals surface area contributed by atoms with Gasteiger partial charge in [-0.25, -0.2) is 0 Å². The molecule has 1 N–H and O–H groups in total. The summed E-state index contributed by atoms with van der Waals surface area (Å²) in [6.07, 6.45) is 0. The molecule has 1 amide bonds. The zero-order valence-electron chi connectivity index (χ0n) is 18.6. The molecular weight excluding hydrogens is 432 g/mol. The van der Waals surface area contributed by atoms with Crippen molar-refractivity contribution in [2.45, 2.75) is 13.0 Å². The lowest BCUT2D eigenvalue weighted by Crippen LogP contribution is -3.06. The number of amides is 1. The summed E-state index contributed by atoms with van der Waals surface area (Å²) in [5.74, 6) is -0.888. The Morgan fingerprint density at radius 2 is 1.84 bits per heavy atom. The van der Waals surface area contributed by atoms with E-state index in [2.05, 4.69) is 0 Å². The molecule has 1 saturated heterocycles. The molecule has 1 atom stereocenters. The largest absolute Gasteiger partial charge is 0.872 e. The van der Waals surface area contributed by atoms with Crippen LogP contribution in [-0.4, -0.2) is 57.5 Å². The summed E-state index contributed by atoms with van der Waals surface area (Å²) in [4.78, 5) is 28.5. The number of hydrogen-bond acceptors (Lipinski definition) is 5. The zero-order chi connectivity index (χ0) is 23.4. The quantitative estimate of drug-likeness (QED) is 0.364. The molecule has 1 heterocycles. The fourth-order valence-corrected chi connectivity index (χ4v) is 3.93. The Hall–Kier alpha value is -3.03. The Morgan fingerprint density at radius 1 is 1.16 bits per heavy atom. The van der Waals surface area contributed by atoms with E-state index in [0.717, 1.165) is 4.90 Å². The molecule has 1 fully saturated rings. The maximum absolute atomic E-state index is 13.4. The first-order valence-corrected chi connectivity index (χ1v) is 10.8. The first-order chi connectivity index (χ1) is 15.3. The predicted molar refractivity (Wildman–Crippen MR) is 120 cm³/mol. The van der Waals surface area contributed by atoms with Crippen LogP contribution in [0.25, 0.3) is 5.76 Å². The lowest BCUT2D eigenvalue weighted by Gasteiger charge is -2.28. The number of hydrogen-bond donors (Lipinski definition) is 1. The first-order valence-electron chi connectivity index (χ1n) is 10.4. The second-order valence-electron chi connectivity index (χ2n) is 7.78. The van der Waals surface area contributed by atoms with E-state index >= 15 is 0 Å². The van der Waals surface area contributed by atoms with Crippen molar-refractivity contribution in [2.75, 3.05) is 40.9 Å². The minimum atomic E-state index is -0.783. The van der Waals surface area contributed by atoms with Crippen LogP contribution in [0, 0.1) is 0 Å². The van der Waals surface area contributed by atoms with Crippen molar-refractivity contribution < 1.29 is 29.1 Å². The summed E-state index contributed by atoms with van der Waals surface area (Å²) in [5, 5.41) is 13.7. The maximum atomic E-state index is 13.4. The van der Waals surface area contributed by atoms with Crippen LogP contribution in [0.4, 0.5) is 0 Å². The van der Waals surface area contributed by atoms with Gasteiger partial charge in [-0.05, 0) is 42.3 Å². The van der Waals surface area contributed by atoms with Gasteiger partial charge in [0.05, 0.1) is 52.0 Å². The molecule has 1 unspecified atom stereocenters. The van der Waals surface area contributed by atoms with Crippen LogP contribution in [0.2, 0.25) is 5.02 Å². The molecule has 2 aromatic carbocycles. The Labute approximate surface area is 192 Å².